The molecule has 0 saturated heterocycles. The molecule has 0 N–H and O–H groups in total. The van der Waals surface area contributed by atoms with E-state index >= 15 is 0 Å². The van der Waals surface area contributed by atoms with E-state index in [-0.39, 0.29) is 6.85 Å². The first-order chi connectivity index (χ1) is 27.8. The number of para-hydroxylation sites is 2. The Morgan fingerprint density at radius 3 is 1.91 bits per heavy atom. The third kappa shape index (κ3) is 4.02. The van der Waals surface area contributed by atoms with E-state index < -0.39 is 0 Å². The summed E-state index contributed by atoms with van der Waals surface area (Å²) in [6.45, 7) is -0.0902. The summed E-state index contributed by atoms with van der Waals surface area (Å²) in [5.74, 6) is 0. The van der Waals surface area contributed by atoms with Gasteiger partial charge in [-0.15, -0.1) is 0 Å². The lowest BCUT2D eigenvalue weighted by molar-refractivity contribution is 0.669. The zero-order valence-corrected chi connectivity index (χ0v) is 30.3. The van der Waals surface area contributed by atoms with Crippen LogP contribution in [0.25, 0.3) is 87.9 Å². The van der Waals surface area contributed by atoms with Crippen molar-refractivity contribution in [2.24, 2.45) is 0 Å². The van der Waals surface area contributed by atoms with Crippen molar-refractivity contribution in [2.45, 2.75) is 0 Å². The Morgan fingerprint density at radius 2 is 1.11 bits per heavy atom. The van der Waals surface area contributed by atoms with Gasteiger partial charge < -0.3 is 13.8 Å². The van der Waals surface area contributed by atoms with Crippen LogP contribution in [0.4, 0.5) is 17.1 Å². The van der Waals surface area contributed by atoms with Crippen LogP contribution in [0.1, 0.15) is 0 Å². The molecular weight excluding hydrogens is 679 g/mol. The third-order valence-electron chi connectivity index (χ3n) is 12.3. The minimum Gasteiger partial charge on any atom is -0.456 e. The van der Waals surface area contributed by atoms with Gasteiger partial charge in [-0.25, -0.2) is 0 Å². The Balaban J connectivity index is 1.20. The lowest BCUT2D eigenvalue weighted by Gasteiger charge is -2.41. The molecule has 2 aromatic heterocycles. The molecule has 0 saturated carbocycles. The summed E-state index contributed by atoms with van der Waals surface area (Å²) in [6.07, 6.45) is 0. The second-order valence-corrected chi connectivity index (χ2v) is 15.2. The molecule has 0 spiro atoms. The van der Waals surface area contributed by atoms with Gasteiger partial charge in [-0.05, 0) is 92.0 Å². The van der Waals surface area contributed by atoms with Crippen molar-refractivity contribution >= 4 is 89.4 Å². The fourth-order valence-corrected chi connectivity index (χ4v) is 9.92. The van der Waals surface area contributed by atoms with Crippen LogP contribution in [0.5, 0.6) is 0 Å². The van der Waals surface area contributed by atoms with Gasteiger partial charge in [0.25, 0.3) is 0 Å². The maximum atomic E-state index is 6.81. The van der Waals surface area contributed by atoms with Crippen molar-refractivity contribution in [3.8, 4) is 33.4 Å². The van der Waals surface area contributed by atoms with Crippen LogP contribution >= 0.6 is 0 Å². The van der Waals surface area contributed by atoms with E-state index in [4.69, 9.17) is 4.42 Å². The lowest BCUT2D eigenvalue weighted by Crippen LogP contribution is -2.56. The van der Waals surface area contributed by atoms with E-state index in [1.54, 1.807) is 0 Å². The Kier molecular flexibility index (Phi) is 5.98. The van der Waals surface area contributed by atoms with Gasteiger partial charge in [0.2, 0.25) is 0 Å². The van der Waals surface area contributed by atoms with Gasteiger partial charge in [0.1, 0.15) is 11.2 Å². The summed E-state index contributed by atoms with van der Waals surface area (Å²) in [6, 6.07) is 68.9. The number of fused-ring (bicyclic) bond motifs is 12. The quantitative estimate of drug-likeness (QED) is 0.170. The normalized spacial score (nSPS) is 12.9. The number of benzene rings is 9. The Morgan fingerprint density at radius 1 is 0.446 bits per heavy atom. The van der Waals surface area contributed by atoms with Gasteiger partial charge in [0, 0.05) is 44.1 Å². The topological polar surface area (TPSA) is 21.3 Å². The molecule has 4 heterocycles. The van der Waals surface area contributed by atoms with Crippen molar-refractivity contribution in [3.05, 3.63) is 188 Å². The van der Waals surface area contributed by atoms with Crippen molar-refractivity contribution in [2.75, 3.05) is 4.90 Å². The van der Waals surface area contributed by atoms with Crippen molar-refractivity contribution in [3.63, 3.8) is 0 Å². The second kappa shape index (κ2) is 11.1. The Hall–Kier alpha value is -7.30. The average molecular weight is 711 g/mol. The first kappa shape index (κ1) is 30.1. The maximum Gasteiger partial charge on any atom is 0.333 e. The summed E-state index contributed by atoms with van der Waals surface area (Å²) in [5, 5.41) is 7.33. The van der Waals surface area contributed by atoms with Crippen molar-refractivity contribution < 1.29 is 4.42 Å². The molecule has 9 aromatic carbocycles. The number of anilines is 3. The molecule has 56 heavy (non-hydrogen) atoms. The Bertz CT molecular complexity index is 3420. The highest BCUT2D eigenvalue weighted by atomic mass is 16.3. The number of furan rings is 1. The summed E-state index contributed by atoms with van der Waals surface area (Å²) >= 11 is 0. The summed E-state index contributed by atoms with van der Waals surface area (Å²) < 4.78 is 9.47. The summed E-state index contributed by atoms with van der Waals surface area (Å²) in [7, 11) is 0. The monoisotopic (exact) mass is 710 g/mol. The molecule has 258 valence electrons. The second-order valence-electron chi connectivity index (χ2n) is 15.2. The average Bonchev–Trinajstić information content (AvgIpc) is 3.80. The van der Waals surface area contributed by atoms with Crippen molar-refractivity contribution in [1.82, 2.24) is 4.48 Å². The van der Waals surface area contributed by atoms with Gasteiger partial charge >= 0.3 is 6.85 Å². The standard InChI is InChI=1S/C52H31BN2O/c1-3-12-32(13-4-1)34-22-25-38(26-23-34)54-45-27-24-37(33-14-5-2-6-15-33)29-44(45)53-50-43(31-48-49(52(50)54)41-18-9-10-21-47(41)56-48)40-20-11-19-39-42-28-35-16-7-8-17-36(35)30-46(42)55(53)51(39)40/h1-31H. The molecule has 2 aliphatic rings. The maximum absolute atomic E-state index is 6.81. The smallest absolute Gasteiger partial charge is 0.333 e. The van der Waals surface area contributed by atoms with Crippen LogP contribution in [0.15, 0.2) is 192 Å². The number of hydrogen-bond acceptors (Lipinski definition) is 2. The third-order valence-corrected chi connectivity index (χ3v) is 12.3. The van der Waals surface area contributed by atoms with Gasteiger partial charge in [0.05, 0.1) is 11.1 Å². The Labute approximate surface area is 323 Å². The van der Waals surface area contributed by atoms with E-state index in [2.05, 4.69) is 197 Å². The molecule has 0 amide bonds. The fraction of sp³-hybridized carbons (Fsp3) is 0. The molecular formula is C52H31BN2O. The molecule has 3 nitrogen and oxygen atoms in total. The highest BCUT2D eigenvalue weighted by Gasteiger charge is 2.44. The first-order valence-electron chi connectivity index (χ1n) is 19.4. The SMILES string of the molecule is c1ccc(-c2ccc(N3c4ccc(-c5ccccc5)cc4B4c5c(cc6oc7ccccc7c6c53)-c3cccc5c6cc7ccccc7cc6n4c35)cc2)cc1. The van der Waals surface area contributed by atoms with Crippen LogP contribution in [-0.4, -0.2) is 11.3 Å². The van der Waals surface area contributed by atoms with E-state index in [1.807, 2.05) is 0 Å². The van der Waals surface area contributed by atoms with Gasteiger partial charge in [-0.2, -0.15) is 0 Å². The van der Waals surface area contributed by atoms with E-state index in [1.165, 1.54) is 88.3 Å². The molecule has 2 aliphatic heterocycles. The number of nitrogens with zero attached hydrogens (tertiary/aromatic N) is 2. The zero-order valence-electron chi connectivity index (χ0n) is 30.3. The van der Waals surface area contributed by atoms with Crippen LogP contribution in [-0.2, 0) is 0 Å². The molecule has 0 bridgehead atoms. The molecule has 13 rings (SSSR count). The predicted octanol–water partition coefficient (Wildman–Crippen LogP) is 12.6. The predicted molar refractivity (Wildman–Crippen MR) is 236 cm³/mol. The molecule has 0 atom stereocenters. The van der Waals surface area contributed by atoms with E-state index in [0.29, 0.717) is 0 Å². The number of rotatable bonds is 3. The van der Waals surface area contributed by atoms with Crippen LogP contribution in [0.3, 0.4) is 0 Å². The van der Waals surface area contributed by atoms with Gasteiger partial charge in [-0.1, -0.05) is 146 Å². The molecule has 11 aromatic rings. The molecule has 0 aliphatic carbocycles. The molecule has 0 radical (unpaired) electrons. The van der Waals surface area contributed by atoms with Gasteiger partial charge in [0.15, 0.2) is 0 Å². The zero-order chi connectivity index (χ0) is 36.5. The summed E-state index contributed by atoms with van der Waals surface area (Å²) in [5.41, 5.74) is 17.7. The van der Waals surface area contributed by atoms with Crippen LogP contribution in [0.2, 0.25) is 0 Å². The lowest BCUT2D eigenvalue weighted by atomic mass is 9.44. The molecule has 0 unspecified atom stereocenters. The van der Waals surface area contributed by atoms with E-state index in [0.717, 1.165) is 27.6 Å². The first-order valence-corrected chi connectivity index (χ1v) is 19.4. The number of aromatic nitrogens is 1. The van der Waals surface area contributed by atoms with Crippen LogP contribution < -0.4 is 15.8 Å². The van der Waals surface area contributed by atoms with Crippen LogP contribution in [0, 0.1) is 0 Å². The summed E-state index contributed by atoms with van der Waals surface area (Å²) in [4.78, 5) is 2.52. The largest absolute Gasteiger partial charge is 0.456 e. The minimum atomic E-state index is -0.0902. The molecule has 0 fully saturated rings. The highest BCUT2D eigenvalue weighted by Crippen LogP contribution is 2.50. The van der Waals surface area contributed by atoms with Gasteiger partial charge in [-0.3, -0.25) is 0 Å². The fourth-order valence-electron chi connectivity index (χ4n) is 9.92. The highest BCUT2D eigenvalue weighted by molar-refractivity contribution is 6.90. The van der Waals surface area contributed by atoms with Crippen molar-refractivity contribution in [1.29, 1.82) is 0 Å². The molecule has 4 heteroatoms. The number of hydrogen-bond donors (Lipinski definition) is 0. The van der Waals surface area contributed by atoms with E-state index in [9.17, 15) is 0 Å². The minimum absolute atomic E-state index is 0.0902.